The Morgan fingerprint density at radius 3 is 2.42 bits per heavy atom. The summed E-state index contributed by atoms with van der Waals surface area (Å²) in [6, 6.07) is 7.96. The fraction of sp³-hybridized carbons (Fsp3) is 0.511. The van der Waals surface area contributed by atoms with E-state index < -0.39 is 12.1 Å². The van der Waals surface area contributed by atoms with Crippen LogP contribution in [0.4, 0.5) is 4.79 Å². The lowest BCUT2D eigenvalue weighted by atomic mass is 9.73. The molecular weight excluding hydrogens is 837 g/mol. The van der Waals surface area contributed by atoms with Gasteiger partial charge in [-0.1, -0.05) is 12.8 Å². The first-order valence-electron chi connectivity index (χ1n) is 22.7. The number of likely N-dealkylation sites (tertiary alicyclic amines) is 1. The number of amides is 4. The molecule has 1 saturated heterocycles. The van der Waals surface area contributed by atoms with Crippen molar-refractivity contribution in [1.29, 1.82) is 0 Å². The predicted octanol–water partition coefficient (Wildman–Crippen LogP) is 5.97. The van der Waals surface area contributed by atoms with Crippen LogP contribution in [-0.4, -0.2) is 113 Å². The van der Waals surface area contributed by atoms with Gasteiger partial charge in [0.25, 0.3) is 0 Å². The summed E-state index contributed by atoms with van der Waals surface area (Å²) in [4.78, 5) is 68.8. The number of nitrogens with zero attached hydrogens (tertiary/aromatic N) is 5. The highest BCUT2D eigenvalue weighted by Crippen LogP contribution is 2.49. The van der Waals surface area contributed by atoms with E-state index in [0.29, 0.717) is 89.5 Å². The Labute approximate surface area is 376 Å². The Morgan fingerprint density at radius 1 is 0.892 bits per heavy atom. The summed E-state index contributed by atoms with van der Waals surface area (Å²) < 4.78 is 34.7. The molecule has 18 heteroatoms. The average Bonchev–Trinajstić information content (AvgIpc) is 3.88. The van der Waals surface area contributed by atoms with Crippen molar-refractivity contribution < 1.29 is 47.6 Å². The van der Waals surface area contributed by atoms with E-state index in [0.717, 1.165) is 49.8 Å². The summed E-state index contributed by atoms with van der Waals surface area (Å²) in [6.45, 7) is 4.96. The van der Waals surface area contributed by atoms with E-state index in [1.807, 2.05) is 38.1 Å². The first-order chi connectivity index (χ1) is 31.6. The van der Waals surface area contributed by atoms with Crippen molar-refractivity contribution in [2.75, 3.05) is 40.7 Å². The summed E-state index contributed by atoms with van der Waals surface area (Å²) in [5.74, 6) is 2.69. The van der Waals surface area contributed by atoms with Gasteiger partial charge in [-0.3, -0.25) is 14.4 Å². The van der Waals surface area contributed by atoms with Crippen LogP contribution in [0.3, 0.4) is 0 Å². The minimum absolute atomic E-state index is 0.00348. The lowest BCUT2D eigenvalue weighted by Crippen LogP contribution is -2.55. The number of methoxy groups -OCH3 is 2. The molecule has 2 saturated carbocycles. The second kappa shape index (κ2) is 18.9. The van der Waals surface area contributed by atoms with Gasteiger partial charge < -0.3 is 48.9 Å². The molecule has 4 aromatic rings. The highest BCUT2D eigenvalue weighted by molar-refractivity contribution is 6.07. The monoisotopic (exact) mass is 892 g/mol. The Bertz CT molecular complexity index is 2480. The molecule has 2 aromatic heterocycles. The van der Waals surface area contributed by atoms with E-state index in [2.05, 4.69) is 25.6 Å². The molecule has 5 aliphatic rings. The molecule has 3 aliphatic heterocycles. The Balaban J connectivity index is 0.909. The van der Waals surface area contributed by atoms with E-state index in [1.54, 1.807) is 30.2 Å². The standard InChI is InChI=1S/C47H56N8O10/c1-26(2)51-38(56)16-12-32(52-47(59)65-37-22-48-43-41(37)49-24-50-42(43)39-34(62-23-27-9-10-27)14-15-35-44(39)64-25-63-35)46(58)54-19-17-29(18-20-54)55-45(57)31-8-6-5-7-30(31)40(53-55)28-11-13-33(60-3)36(21-28)61-4/h11,13-15,21-22,24,26-27,29-32,48H,5-10,12,16-20,23,25H2,1-4H3,(H,51,56)(H,52,59)/t30-,31+,32-/m0/s1. The van der Waals surface area contributed by atoms with Crippen LogP contribution in [-0.2, 0) is 14.4 Å². The van der Waals surface area contributed by atoms with Crippen LogP contribution in [0.15, 0.2) is 48.0 Å². The first-order valence-corrected chi connectivity index (χ1v) is 22.7. The molecule has 2 aromatic carbocycles. The zero-order valence-corrected chi connectivity index (χ0v) is 37.2. The van der Waals surface area contributed by atoms with Gasteiger partial charge in [-0.2, -0.15) is 5.10 Å². The number of aromatic amines is 1. The van der Waals surface area contributed by atoms with Crippen molar-refractivity contribution in [2.24, 2.45) is 22.9 Å². The van der Waals surface area contributed by atoms with Crippen molar-refractivity contribution >= 4 is 40.6 Å². The number of ether oxygens (including phenoxy) is 6. The van der Waals surface area contributed by atoms with Crippen LogP contribution >= 0.6 is 0 Å². The van der Waals surface area contributed by atoms with Gasteiger partial charge in [-0.15, -0.1) is 0 Å². The number of hydrogen-bond donors (Lipinski definition) is 3. The van der Waals surface area contributed by atoms with Gasteiger partial charge in [0.05, 0.1) is 43.7 Å². The topological polar surface area (TPSA) is 208 Å². The van der Waals surface area contributed by atoms with Crippen LogP contribution in [0.5, 0.6) is 34.5 Å². The summed E-state index contributed by atoms with van der Waals surface area (Å²) in [5.41, 5.74) is 3.61. The smallest absolute Gasteiger partial charge is 0.413 e. The van der Waals surface area contributed by atoms with E-state index in [9.17, 15) is 19.2 Å². The Morgan fingerprint density at radius 2 is 1.66 bits per heavy atom. The van der Waals surface area contributed by atoms with Crippen LogP contribution < -0.4 is 39.1 Å². The normalized spacial score (nSPS) is 20.0. The molecule has 2 aliphatic carbocycles. The average molecular weight is 893 g/mol. The van der Waals surface area contributed by atoms with E-state index in [1.165, 1.54) is 12.5 Å². The van der Waals surface area contributed by atoms with E-state index in [-0.39, 0.29) is 67.0 Å². The molecule has 344 valence electrons. The van der Waals surface area contributed by atoms with E-state index in [4.69, 9.17) is 33.5 Å². The van der Waals surface area contributed by atoms with Gasteiger partial charge in [0.2, 0.25) is 24.5 Å². The number of carbonyl (C=O) groups excluding carboxylic acids is 4. The van der Waals surface area contributed by atoms with Crippen molar-refractivity contribution in [2.45, 2.75) is 96.2 Å². The molecule has 0 bridgehead atoms. The van der Waals surface area contributed by atoms with Crippen molar-refractivity contribution in [3.63, 3.8) is 0 Å². The van der Waals surface area contributed by atoms with E-state index >= 15 is 0 Å². The van der Waals surface area contributed by atoms with Gasteiger partial charge in [0.15, 0.2) is 28.7 Å². The summed E-state index contributed by atoms with van der Waals surface area (Å²) in [5, 5.41) is 12.3. The second-order valence-corrected chi connectivity index (χ2v) is 17.7. The number of benzene rings is 2. The minimum atomic E-state index is -1.09. The number of aromatic nitrogens is 3. The molecule has 3 N–H and O–H groups in total. The molecule has 0 radical (unpaired) electrons. The molecule has 5 heterocycles. The van der Waals surface area contributed by atoms with Crippen LogP contribution in [0.2, 0.25) is 0 Å². The molecule has 9 rings (SSSR count). The number of rotatable bonds is 15. The van der Waals surface area contributed by atoms with Crippen LogP contribution in [0.25, 0.3) is 22.3 Å². The van der Waals surface area contributed by atoms with Gasteiger partial charge in [0.1, 0.15) is 29.3 Å². The maximum Gasteiger partial charge on any atom is 0.413 e. The third-order valence-electron chi connectivity index (χ3n) is 12.9. The van der Waals surface area contributed by atoms with Crippen molar-refractivity contribution in [1.82, 2.24) is 35.5 Å². The maximum absolute atomic E-state index is 14.3. The van der Waals surface area contributed by atoms with Crippen LogP contribution in [0, 0.1) is 17.8 Å². The fourth-order valence-electron chi connectivity index (χ4n) is 9.42. The van der Waals surface area contributed by atoms with Gasteiger partial charge in [0, 0.05) is 49.1 Å². The van der Waals surface area contributed by atoms with Gasteiger partial charge in [-0.25, -0.2) is 19.8 Å². The fourth-order valence-corrected chi connectivity index (χ4v) is 9.42. The molecule has 3 fully saturated rings. The number of hydrazone groups is 1. The molecule has 0 spiro atoms. The highest BCUT2D eigenvalue weighted by atomic mass is 16.7. The lowest BCUT2D eigenvalue weighted by Gasteiger charge is -2.43. The number of hydrogen-bond acceptors (Lipinski definition) is 13. The third kappa shape index (κ3) is 9.20. The van der Waals surface area contributed by atoms with Gasteiger partial charge >= 0.3 is 6.09 Å². The van der Waals surface area contributed by atoms with Gasteiger partial charge in [-0.05, 0) is 95.0 Å². The quantitative estimate of drug-likeness (QED) is 0.126. The zero-order chi connectivity index (χ0) is 45.2. The minimum Gasteiger partial charge on any atom is -0.493 e. The second-order valence-electron chi connectivity index (χ2n) is 17.7. The van der Waals surface area contributed by atoms with Crippen molar-refractivity contribution in [3.8, 4) is 45.8 Å². The molecule has 65 heavy (non-hydrogen) atoms. The third-order valence-corrected chi connectivity index (χ3v) is 12.9. The summed E-state index contributed by atoms with van der Waals surface area (Å²) in [6.07, 6.45) is 8.87. The predicted molar refractivity (Wildman–Crippen MR) is 237 cm³/mol. The maximum atomic E-state index is 14.3. The summed E-state index contributed by atoms with van der Waals surface area (Å²) in [7, 11) is 3.19. The molecule has 18 nitrogen and oxygen atoms in total. The van der Waals surface area contributed by atoms with Crippen LogP contribution in [0.1, 0.15) is 83.6 Å². The molecule has 0 unspecified atom stereocenters. The number of fused-ring (bicyclic) bond motifs is 3. The lowest BCUT2D eigenvalue weighted by molar-refractivity contribution is -0.143. The summed E-state index contributed by atoms with van der Waals surface area (Å²) >= 11 is 0. The number of piperidine rings is 1. The first kappa shape index (κ1) is 43.7. The molecule has 3 atom stereocenters. The number of carbonyl (C=O) groups is 4. The number of H-pyrrole nitrogens is 1. The Hall–Kier alpha value is -6.59. The number of nitrogens with one attached hydrogen (secondary N) is 3. The molecule has 4 amide bonds. The highest BCUT2D eigenvalue weighted by Gasteiger charge is 2.44. The largest absolute Gasteiger partial charge is 0.493 e. The zero-order valence-electron chi connectivity index (χ0n) is 37.2. The Kier molecular flexibility index (Phi) is 12.7. The molecular formula is C47H56N8O10. The SMILES string of the molecule is COc1ccc(C2=NN(C3CCN(C(=O)[C@H](CCC(=O)NC(C)C)NC(=O)Oc4c[nH]c5c(-c6c(OCC7CC7)ccc7c6OCO7)ncnc45)CC3)C(=O)[C@@H]3CCCC[C@H]23)cc1OC. The van der Waals surface area contributed by atoms with Crippen molar-refractivity contribution in [3.05, 3.63) is 48.4 Å².